The molecule has 3 N–H and O–H groups in total. The third kappa shape index (κ3) is 10.0. The molecular weight excluding hydrogens is 655 g/mol. The summed E-state index contributed by atoms with van der Waals surface area (Å²) in [7, 11) is -4.04. The molecule has 46 heavy (non-hydrogen) atoms. The van der Waals surface area contributed by atoms with Gasteiger partial charge < -0.3 is 25.0 Å². The third-order valence-corrected chi connectivity index (χ3v) is 8.73. The van der Waals surface area contributed by atoms with Crippen molar-refractivity contribution in [3.8, 4) is 11.5 Å². The monoisotopic (exact) mass is 690 g/mol. The summed E-state index contributed by atoms with van der Waals surface area (Å²) < 4.78 is 40.0. The van der Waals surface area contributed by atoms with Crippen molar-refractivity contribution in [2.75, 3.05) is 24.4 Å². The van der Waals surface area contributed by atoms with Crippen LogP contribution in [-0.2, 0) is 19.6 Å². The zero-order chi connectivity index (χ0) is 33.5. The van der Waals surface area contributed by atoms with Gasteiger partial charge in [0.05, 0.1) is 15.6 Å². The van der Waals surface area contributed by atoms with Gasteiger partial charge in [-0.2, -0.15) is 0 Å². The van der Waals surface area contributed by atoms with Crippen molar-refractivity contribution in [2.45, 2.75) is 56.6 Å². The van der Waals surface area contributed by atoms with Crippen LogP contribution in [0.1, 0.15) is 50.4 Å². The van der Waals surface area contributed by atoms with Gasteiger partial charge in [0, 0.05) is 42.7 Å². The molecule has 4 rings (SSSR count). The zero-order valence-electron chi connectivity index (χ0n) is 25.6. The first-order valence-electron chi connectivity index (χ1n) is 14.6. The smallest absolute Gasteiger partial charge is 0.410 e. The molecule has 0 radical (unpaired) electrons. The first-order valence-corrected chi connectivity index (χ1v) is 16.8. The second-order valence-corrected chi connectivity index (χ2v) is 14.1. The maximum absolute atomic E-state index is 13.1. The number of nitrogens with zero attached hydrogens (tertiary/aromatic N) is 1. The lowest BCUT2D eigenvalue weighted by Crippen LogP contribution is -2.48. The summed E-state index contributed by atoms with van der Waals surface area (Å²) in [6.45, 7) is 6.50. The minimum Gasteiger partial charge on any atom is -0.454 e. The molecule has 1 saturated heterocycles. The summed E-state index contributed by atoms with van der Waals surface area (Å²) in [5.74, 6) is -0.145. The number of anilines is 1. The molecule has 0 bridgehead atoms. The van der Waals surface area contributed by atoms with E-state index in [4.69, 9.17) is 32.7 Å². The van der Waals surface area contributed by atoms with Gasteiger partial charge in [0.1, 0.15) is 11.4 Å². The van der Waals surface area contributed by atoms with Crippen molar-refractivity contribution in [1.82, 2.24) is 15.5 Å². The summed E-state index contributed by atoms with van der Waals surface area (Å²) in [6, 6.07) is 16.5. The number of likely N-dealkylation sites (tertiary alicyclic amines) is 1. The molecule has 0 spiro atoms. The lowest BCUT2D eigenvalue weighted by Gasteiger charge is -2.33. The number of hydrogen-bond donors (Lipinski definition) is 3. The Morgan fingerprint density at radius 1 is 0.935 bits per heavy atom. The van der Waals surface area contributed by atoms with E-state index in [1.165, 1.54) is 30.3 Å². The Balaban J connectivity index is 1.25. The number of rotatable bonds is 10. The minimum absolute atomic E-state index is 0.0666. The van der Waals surface area contributed by atoms with E-state index in [2.05, 4.69) is 15.4 Å². The molecule has 3 aromatic carbocycles. The minimum atomic E-state index is -4.04. The molecule has 0 aromatic heterocycles. The van der Waals surface area contributed by atoms with E-state index in [0.717, 1.165) is 0 Å². The molecule has 1 fully saturated rings. The fraction of sp³-hybridized carbons (Fsp3) is 0.344. The van der Waals surface area contributed by atoms with Crippen molar-refractivity contribution < 1.29 is 32.3 Å². The van der Waals surface area contributed by atoms with Gasteiger partial charge in [0.2, 0.25) is 5.91 Å². The number of nitrogens with one attached hydrogen (secondary N) is 3. The van der Waals surface area contributed by atoms with E-state index in [1.807, 2.05) is 20.8 Å². The highest BCUT2D eigenvalue weighted by Crippen LogP contribution is 2.35. The van der Waals surface area contributed by atoms with Crippen LogP contribution in [0.15, 0.2) is 71.6 Å². The van der Waals surface area contributed by atoms with E-state index >= 15 is 0 Å². The number of carbonyl (C=O) groups excluding carboxylic acids is 3. The van der Waals surface area contributed by atoms with Crippen molar-refractivity contribution in [1.29, 1.82) is 0 Å². The van der Waals surface area contributed by atoms with Crippen LogP contribution in [0.5, 0.6) is 11.5 Å². The maximum Gasteiger partial charge on any atom is 0.410 e. The molecule has 1 heterocycles. The van der Waals surface area contributed by atoms with Crippen LogP contribution in [0.25, 0.3) is 0 Å². The van der Waals surface area contributed by atoms with E-state index < -0.39 is 21.5 Å². The van der Waals surface area contributed by atoms with Crippen LogP contribution in [0.2, 0.25) is 10.0 Å². The lowest BCUT2D eigenvalue weighted by atomic mass is 10.1. The Labute approximate surface area is 278 Å². The maximum atomic E-state index is 13.1. The Morgan fingerprint density at radius 3 is 2.26 bits per heavy atom. The molecule has 11 nitrogen and oxygen atoms in total. The third-order valence-electron chi connectivity index (χ3n) is 6.82. The van der Waals surface area contributed by atoms with Crippen LogP contribution in [0.3, 0.4) is 0 Å². The van der Waals surface area contributed by atoms with Gasteiger partial charge in [-0.3, -0.25) is 14.3 Å². The summed E-state index contributed by atoms with van der Waals surface area (Å²) in [4.78, 5) is 38.9. The average Bonchev–Trinajstić information content (AvgIpc) is 2.99. The van der Waals surface area contributed by atoms with E-state index in [1.54, 1.807) is 41.3 Å². The highest BCUT2D eigenvalue weighted by molar-refractivity contribution is 7.92. The lowest BCUT2D eigenvalue weighted by molar-refractivity contribution is -0.121. The molecule has 3 aromatic rings. The first-order chi connectivity index (χ1) is 21.7. The van der Waals surface area contributed by atoms with Gasteiger partial charge in [-0.05, 0) is 88.2 Å². The molecule has 1 aliphatic heterocycles. The van der Waals surface area contributed by atoms with Gasteiger partial charge in [0.15, 0.2) is 5.75 Å². The van der Waals surface area contributed by atoms with E-state index in [9.17, 15) is 22.8 Å². The number of hydrogen-bond acceptors (Lipinski definition) is 7. The molecule has 0 aliphatic carbocycles. The number of halogens is 2. The highest BCUT2D eigenvalue weighted by Gasteiger charge is 2.27. The number of ether oxygens (including phenoxy) is 2. The predicted octanol–water partition coefficient (Wildman–Crippen LogP) is 6.22. The predicted molar refractivity (Wildman–Crippen MR) is 176 cm³/mol. The van der Waals surface area contributed by atoms with Crippen molar-refractivity contribution >= 4 is 56.8 Å². The molecule has 1 aliphatic rings. The van der Waals surface area contributed by atoms with Gasteiger partial charge in [-0.25, -0.2) is 13.2 Å². The number of amides is 3. The van der Waals surface area contributed by atoms with Crippen LogP contribution >= 0.6 is 23.2 Å². The average molecular weight is 692 g/mol. The molecule has 0 saturated carbocycles. The molecule has 0 atom stereocenters. The van der Waals surface area contributed by atoms with E-state index in [-0.39, 0.29) is 57.9 Å². The SMILES string of the molecule is CC(C)(C)OC(=O)N1CCC(NC(=O)CCNC(=O)c2ccc(S(=O)(=O)Nc3ccccc3Oc3ccc(Cl)cc3Cl)cc2)CC1. The molecule has 3 amide bonds. The Bertz CT molecular complexity index is 1670. The first kappa shape index (κ1) is 34.9. The standard InChI is InChI=1S/C32H36Cl2N4O7S/c1-32(2,3)45-31(41)38-18-15-23(16-19-38)36-29(39)14-17-35-30(40)21-8-11-24(12-9-21)46(42,43)37-26-6-4-5-7-28(26)44-27-13-10-22(33)20-25(27)34/h4-13,20,23,37H,14-19H2,1-3H3,(H,35,40)(H,36,39). The molecule has 0 unspecified atom stereocenters. The molecular formula is C32H36Cl2N4O7S. The molecule has 246 valence electrons. The van der Waals surface area contributed by atoms with Crippen LogP contribution < -0.4 is 20.1 Å². The van der Waals surface area contributed by atoms with Crippen molar-refractivity contribution in [3.63, 3.8) is 0 Å². The Hall–Kier alpha value is -4.00. The quantitative estimate of drug-likeness (QED) is 0.229. The summed E-state index contributed by atoms with van der Waals surface area (Å²) in [5, 5.41) is 6.31. The number of carbonyl (C=O) groups is 3. The number of sulfonamides is 1. The van der Waals surface area contributed by atoms with Crippen LogP contribution in [0, 0.1) is 0 Å². The van der Waals surface area contributed by atoms with Crippen molar-refractivity contribution in [3.05, 3.63) is 82.3 Å². The normalized spacial score (nSPS) is 13.9. The van der Waals surface area contributed by atoms with Gasteiger partial charge in [-0.1, -0.05) is 35.3 Å². The highest BCUT2D eigenvalue weighted by atomic mass is 35.5. The number of para-hydroxylation sites is 2. The Kier molecular flexibility index (Phi) is 11.4. The number of benzene rings is 3. The topological polar surface area (TPSA) is 143 Å². The fourth-order valence-electron chi connectivity index (χ4n) is 4.53. The second kappa shape index (κ2) is 15.1. The zero-order valence-corrected chi connectivity index (χ0v) is 28.0. The Morgan fingerprint density at radius 2 is 1.61 bits per heavy atom. The van der Waals surface area contributed by atoms with Gasteiger partial charge in [0.25, 0.3) is 15.9 Å². The summed E-state index contributed by atoms with van der Waals surface area (Å²) in [6.07, 6.45) is 0.919. The summed E-state index contributed by atoms with van der Waals surface area (Å²) >= 11 is 12.1. The van der Waals surface area contributed by atoms with Crippen LogP contribution in [0.4, 0.5) is 10.5 Å². The largest absolute Gasteiger partial charge is 0.454 e. The molecule has 14 heteroatoms. The second-order valence-electron chi connectivity index (χ2n) is 11.6. The summed E-state index contributed by atoms with van der Waals surface area (Å²) in [5.41, 5.74) is -0.154. The fourth-order valence-corrected chi connectivity index (χ4v) is 6.05. The van der Waals surface area contributed by atoms with Gasteiger partial charge in [-0.15, -0.1) is 0 Å². The number of piperidine rings is 1. The van der Waals surface area contributed by atoms with E-state index in [0.29, 0.717) is 36.7 Å². The van der Waals surface area contributed by atoms with Crippen LogP contribution in [-0.4, -0.2) is 62.5 Å². The van der Waals surface area contributed by atoms with Gasteiger partial charge >= 0.3 is 6.09 Å². The van der Waals surface area contributed by atoms with Crippen molar-refractivity contribution in [2.24, 2.45) is 0 Å².